The maximum absolute atomic E-state index is 12.4. The number of benzene rings is 3. The van der Waals surface area contributed by atoms with Gasteiger partial charge in [0.1, 0.15) is 5.75 Å². The minimum absolute atomic E-state index is 0.253. The Balaban J connectivity index is 1.75. The van der Waals surface area contributed by atoms with Gasteiger partial charge in [0.2, 0.25) is 0 Å². The second kappa shape index (κ2) is 9.82. The van der Waals surface area contributed by atoms with Gasteiger partial charge in [0.05, 0.1) is 16.8 Å². The van der Waals surface area contributed by atoms with E-state index in [2.05, 4.69) is 42.4 Å². The third kappa shape index (κ3) is 5.76. The highest BCUT2D eigenvalue weighted by molar-refractivity contribution is 9.10. The van der Waals surface area contributed by atoms with Gasteiger partial charge in [-0.15, -0.1) is 0 Å². The van der Waals surface area contributed by atoms with Gasteiger partial charge in [0.15, 0.2) is 0 Å². The molecule has 0 aliphatic heterocycles. The summed E-state index contributed by atoms with van der Waals surface area (Å²) in [6.07, 6.45) is 1.40. The minimum Gasteiger partial charge on any atom is -0.422 e. The molecule has 3 aromatic rings. The van der Waals surface area contributed by atoms with E-state index in [0.29, 0.717) is 16.1 Å². The molecule has 0 saturated carbocycles. The molecular formula is C21H13Br2ClN2O3. The molecule has 0 aliphatic rings. The molecule has 0 heterocycles. The van der Waals surface area contributed by atoms with Gasteiger partial charge in [0.25, 0.3) is 5.91 Å². The van der Waals surface area contributed by atoms with Crippen molar-refractivity contribution in [3.8, 4) is 5.75 Å². The van der Waals surface area contributed by atoms with Gasteiger partial charge in [-0.2, -0.15) is 5.10 Å². The molecule has 0 aromatic heterocycles. The van der Waals surface area contributed by atoms with Crippen LogP contribution in [-0.4, -0.2) is 18.1 Å². The Hall–Kier alpha value is -2.48. The highest BCUT2D eigenvalue weighted by atomic mass is 79.9. The predicted octanol–water partition coefficient (Wildman–Crippen LogP) is 5.85. The number of nitrogens with one attached hydrogen (secondary N) is 1. The zero-order chi connectivity index (χ0) is 20.8. The summed E-state index contributed by atoms with van der Waals surface area (Å²) in [7, 11) is 0. The first-order chi connectivity index (χ1) is 13.9. The summed E-state index contributed by atoms with van der Waals surface area (Å²) in [4.78, 5) is 24.6. The van der Waals surface area contributed by atoms with Crippen LogP contribution >= 0.6 is 43.5 Å². The molecule has 0 atom stereocenters. The Kier molecular flexibility index (Phi) is 7.19. The molecule has 8 heteroatoms. The Labute approximate surface area is 189 Å². The number of halogens is 3. The number of esters is 1. The maximum atomic E-state index is 12.4. The highest BCUT2D eigenvalue weighted by Crippen LogP contribution is 2.24. The molecule has 3 rings (SSSR count). The summed E-state index contributed by atoms with van der Waals surface area (Å²) in [6.45, 7) is 0. The first-order valence-corrected chi connectivity index (χ1v) is 10.3. The lowest BCUT2D eigenvalue weighted by molar-refractivity contribution is 0.0734. The standard InChI is InChI=1S/C21H13Br2ClN2O3/c22-15-7-5-13(6-8-15)20(27)26-25-12-14-11-16(23)9-10-19(14)29-21(28)17-3-1-2-4-18(17)24/h1-12H,(H,26,27). The van der Waals surface area contributed by atoms with E-state index in [-0.39, 0.29) is 17.2 Å². The van der Waals surface area contributed by atoms with Crippen LogP contribution in [0.15, 0.2) is 80.8 Å². The molecule has 29 heavy (non-hydrogen) atoms. The highest BCUT2D eigenvalue weighted by Gasteiger charge is 2.14. The van der Waals surface area contributed by atoms with E-state index in [0.717, 1.165) is 8.95 Å². The average Bonchev–Trinajstić information content (AvgIpc) is 2.70. The maximum Gasteiger partial charge on any atom is 0.345 e. The fourth-order valence-corrected chi connectivity index (χ4v) is 3.18. The summed E-state index contributed by atoms with van der Waals surface area (Å²) >= 11 is 12.7. The van der Waals surface area contributed by atoms with E-state index < -0.39 is 5.97 Å². The van der Waals surface area contributed by atoms with Crippen LogP contribution in [0.3, 0.4) is 0 Å². The molecular weight excluding hydrogens is 524 g/mol. The van der Waals surface area contributed by atoms with Crippen molar-refractivity contribution in [2.24, 2.45) is 5.10 Å². The van der Waals surface area contributed by atoms with Gasteiger partial charge in [0, 0.05) is 20.1 Å². The van der Waals surface area contributed by atoms with Crippen LogP contribution < -0.4 is 10.2 Å². The molecule has 0 saturated heterocycles. The SMILES string of the molecule is O=C(NN=Cc1cc(Br)ccc1OC(=O)c1ccccc1Cl)c1ccc(Br)cc1. The van der Waals surface area contributed by atoms with Crippen molar-refractivity contribution >= 4 is 61.6 Å². The van der Waals surface area contributed by atoms with E-state index >= 15 is 0 Å². The van der Waals surface area contributed by atoms with Crippen LogP contribution in [0.5, 0.6) is 5.75 Å². The van der Waals surface area contributed by atoms with Crippen molar-refractivity contribution in [3.05, 3.63) is 97.4 Å². The zero-order valence-corrected chi connectivity index (χ0v) is 18.7. The third-order valence-electron chi connectivity index (χ3n) is 3.74. The van der Waals surface area contributed by atoms with Crippen molar-refractivity contribution in [3.63, 3.8) is 0 Å². The van der Waals surface area contributed by atoms with Crippen molar-refractivity contribution < 1.29 is 14.3 Å². The molecule has 0 unspecified atom stereocenters. The van der Waals surface area contributed by atoms with E-state index in [9.17, 15) is 9.59 Å². The monoisotopic (exact) mass is 534 g/mol. The van der Waals surface area contributed by atoms with E-state index in [4.69, 9.17) is 16.3 Å². The molecule has 0 spiro atoms. The molecule has 3 aromatic carbocycles. The topological polar surface area (TPSA) is 67.8 Å². The Morgan fingerprint density at radius 3 is 2.38 bits per heavy atom. The smallest absolute Gasteiger partial charge is 0.345 e. The van der Waals surface area contributed by atoms with Crippen LogP contribution in [0.25, 0.3) is 0 Å². The number of carbonyl (C=O) groups excluding carboxylic acids is 2. The number of amides is 1. The van der Waals surface area contributed by atoms with Gasteiger partial charge in [-0.1, -0.05) is 55.6 Å². The second-order valence-electron chi connectivity index (χ2n) is 5.76. The van der Waals surface area contributed by atoms with Crippen molar-refractivity contribution in [2.75, 3.05) is 0 Å². The van der Waals surface area contributed by atoms with Gasteiger partial charge < -0.3 is 4.74 Å². The van der Waals surface area contributed by atoms with Crippen LogP contribution in [0.1, 0.15) is 26.3 Å². The normalized spacial score (nSPS) is 10.7. The van der Waals surface area contributed by atoms with E-state index in [1.165, 1.54) is 6.21 Å². The first kappa shape index (κ1) is 21.2. The van der Waals surface area contributed by atoms with Crippen LogP contribution in [0.2, 0.25) is 5.02 Å². The van der Waals surface area contributed by atoms with E-state index in [1.54, 1.807) is 66.7 Å². The summed E-state index contributed by atoms with van der Waals surface area (Å²) in [5.41, 5.74) is 3.66. The number of hydrogen-bond acceptors (Lipinski definition) is 4. The number of rotatable bonds is 5. The zero-order valence-electron chi connectivity index (χ0n) is 14.7. The van der Waals surface area contributed by atoms with Crippen molar-refractivity contribution in [1.82, 2.24) is 5.43 Å². The lowest BCUT2D eigenvalue weighted by atomic mass is 10.2. The third-order valence-corrected chi connectivity index (χ3v) is 5.10. The van der Waals surface area contributed by atoms with Gasteiger partial charge in [-0.25, -0.2) is 10.2 Å². The minimum atomic E-state index is -0.591. The Bertz CT molecular complexity index is 1090. The van der Waals surface area contributed by atoms with Crippen LogP contribution in [0.4, 0.5) is 0 Å². The lowest BCUT2D eigenvalue weighted by Gasteiger charge is -2.09. The molecule has 0 aliphatic carbocycles. The quantitative estimate of drug-likeness (QED) is 0.193. The number of nitrogens with zero attached hydrogens (tertiary/aromatic N) is 1. The average molecular weight is 537 g/mol. The number of hydrogen-bond donors (Lipinski definition) is 1. The number of hydrazone groups is 1. The first-order valence-electron chi connectivity index (χ1n) is 8.29. The van der Waals surface area contributed by atoms with Crippen LogP contribution in [-0.2, 0) is 0 Å². The number of ether oxygens (including phenoxy) is 1. The van der Waals surface area contributed by atoms with Crippen molar-refractivity contribution in [1.29, 1.82) is 0 Å². The summed E-state index contributed by atoms with van der Waals surface area (Å²) in [5, 5.41) is 4.26. The molecule has 0 fully saturated rings. The fraction of sp³-hybridized carbons (Fsp3) is 0. The van der Waals surface area contributed by atoms with Gasteiger partial charge in [-0.05, 0) is 54.6 Å². The molecule has 5 nitrogen and oxygen atoms in total. The summed E-state index contributed by atoms with van der Waals surface area (Å²) in [5.74, 6) is -0.676. The largest absolute Gasteiger partial charge is 0.422 e. The Morgan fingerprint density at radius 1 is 0.966 bits per heavy atom. The fourth-order valence-electron chi connectivity index (χ4n) is 2.32. The predicted molar refractivity (Wildman–Crippen MR) is 120 cm³/mol. The van der Waals surface area contributed by atoms with Crippen LogP contribution in [0, 0.1) is 0 Å². The lowest BCUT2D eigenvalue weighted by Crippen LogP contribution is -2.17. The van der Waals surface area contributed by atoms with Gasteiger partial charge >= 0.3 is 5.97 Å². The van der Waals surface area contributed by atoms with E-state index in [1.807, 2.05) is 0 Å². The molecule has 1 N–H and O–H groups in total. The van der Waals surface area contributed by atoms with Gasteiger partial charge in [-0.3, -0.25) is 4.79 Å². The Morgan fingerprint density at radius 2 is 1.66 bits per heavy atom. The summed E-state index contributed by atoms with van der Waals surface area (Å²) < 4.78 is 7.10. The van der Waals surface area contributed by atoms with Crippen molar-refractivity contribution in [2.45, 2.75) is 0 Å². The molecule has 1 amide bonds. The second-order valence-corrected chi connectivity index (χ2v) is 8.00. The molecule has 0 radical (unpaired) electrons. The number of carbonyl (C=O) groups is 2. The molecule has 0 bridgehead atoms. The summed E-state index contributed by atoms with van der Waals surface area (Å²) in [6, 6.07) is 18.5. The molecule has 146 valence electrons.